The molecule has 0 aliphatic rings. The van der Waals surface area contributed by atoms with Crippen LogP contribution in [0.2, 0.25) is 0 Å². The van der Waals surface area contributed by atoms with E-state index in [9.17, 15) is 8.78 Å². The van der Waals surface area contributed by atoms with Crippen molar-refractivity contribution in [3.8, 4) is 0 Å². The molecule has 0 aliphatic heterocycles. The molecule has 0 aromatic carbocycles. The van der Waals surface area contributed by atoms with E-state index in [1.807, 2.05) is 22.6 Å². The van der Waals surface area contributed by atoms with Crippen molar-refractivity contribution in [1.29, 1.82) is 0 Å². The van der Waals surface area contributed by atoms with Gasteiger partial charge in [0.15, 0.2) is 0 Å². The third kappa shape index (κ3) is 6.44. The normalized spacial score (nSPS) is 15.7. The SMILES string of the molecule is CC(F)(F)C[C@H](N)CI. The Morgan fingerprint density at radius 2 is 2.11 bits per heavy atom. The molecule has 2 N–H and O–H groups in total. The molecule has 0 amide bonds. The molecule has 0 bridgehead atoms. The Balaban J connectivity index is 3.47. The summed E-state index contributed by atoms with van der Waals surface area (Å²) in [4.78, 5) is 0. The second-order valence-corrected chi connectivity index (χ2v) is 3.07. The van der Waals surface area contributed by atoms with Crippen molar-refractivity contribution in [1.82, 2.24) is 0 Å². The summed E-state index contributed by atoms with van der Waals surface area (Å²) < 4.78 is 24.7. The molecule has 0 heterocycles. The number of nitrogens with two attached hydrogens (primary N) is 1. The lowest BCUT2D eigenvalue weighted by molar-refractivity contribution is 0.00860. The highest BCUT2D eigenvalue weighted by Crippen LogP contribution is 2.18. The van der Waals surface area contributed by atoms with Gasteiger partial charge in [-0.1, -0.05) is 22.6 Å². The topological polar surface area (TPSA) is 26.0 Å². The quantitative estimate of drug-likeness (QED) is 0.599. The van der Waals surface area contributed by atoms with Crippen molar-refractivity contribution in [2.75, 3.05) is 4.43 Å². The molecule has 4 heteroatoms. The standard InChI is InChI=1S/C5H10F2IN/c1-5(6,7)2-4(9)3-8/h4H,2-3,9H2,1H3/t4-/m0/s1. The first kappa shape index (κ1) is 9.55. The van der Waals surface area contributed by atoms with Crippen molar-refractivity contribution in [2.24, 2.45) is 5.73 Å². The van der Waals surface area contributed by atoms with Gasteiger partial charge < -0.3 is 5.73 Å². The summed E-state index contributed by atoms with van der Waals surface area (Å²) in [5.41, 5.74) is 5.27. The molecule has 0 radical (unpaired) electrons. The van der Waals surface area contributed by atoms with Crippen LogP contribution in [0.4, 0.5) is 8.78 Å². The van der Waals surface area contributed by atoms with Crippen LogP contribution in [-0.4, -0.2) is 16.4 Å². The molecule has 1 nitrogen and oxygen atoms in total. The fourth-order valence-corrected chi connectivity index (χ4v) is 0.826. The first-order valence-electron chi connectivity index (χ1n) is 2.65. The lowest BCUT2D eigenvalue weighted by Crippen LogP contribution is -2.29. The largest absolute Gasteiger partial charge is 0.327 e. The van der Waals surface area contributed by atoms with Gasteiger partial charge >= 0.3 is 0 Å². The minimum Gasteiger partial charge on any atom is -0.327 e. The summed E-state index contributed by atoms with van der Waals surface area (Å²) in [5.74, 6) is -2.61. The summed E-state index contributed by atoms with van der Waals surface area (Å²) in [6.07, 6.45) is -0.212. The van der Waals surface area contributed by atoms with Crippen molar-refractivity contribution in [3.63, 3.8) is 0 Å². The summed E-state index contributed by atoms with van der Waals surface area (Å²) in [5, 5.41) is 0. The Morgan fingerprint density at radius 3 is 2.22 bits per heavy atom. The van der Waals surface area contributed by atoms with Gasteiger partial charge in [-0.3, -0.25) is 0 Å². The average molecular weight is 249 g/mol. The summed E-state index contributed by atoms with van der Waals surface area (Å²) in [6.45, 7) is 0.888. The number of halogens is 3. The maximum absolute atomic E-state index is 12.1. The minimum absolute atomic E-state index is 0.212. The van der Waals surface area contributed by atoms with Crippen molar-refractivity contribution < 1.29 is 8.78 Å². The van der Waals surface area contributed by atoms with Crippen LogP contribution in [-0.2, 0) is 0 Å². The van der Waals surface area contributed by atoms with E-state index in [0.29, 0.717) is 4.43 Å². The van der Waals surface area contributed by atoms with E-state index in [-0.39, 0.29) is 12.5 Å². The third-order valence-electron chi connectivity index (χ3n) is 0.819. The lowest BCUT2D eigenvalue weighted by Gasteiger charge is -2.13. The van der Waals surface area contributed by atoms with E-state index in [4.69, 9.17) is 5.73 Å². The van der Waals surface area contributed by atoms with E-state index in [2.05, 4.69) is 0 Å². The Labute approximate surface area is 67.1 Å². The van der Waals surface area contributed by atoms with Crippen LogP contribution in [0.1, 0.15) is 13.3 Å². The van der Waals surface area contributed by atoms with Gasteiger partial charge in [0.25, 0.3) is 0 Å². The molecular formula is C5H10F2IN. The van der Waals surface area contributed by atoms with Crippen LogP contribution in [0.5, 0.6) is 0 Å². The molecule has 0 fully saturated rings. The second-order valence-electron chi connectivity index (χ2n) is 2.19. The van der Waals surface area contributed by atoms with Gasteiger partial charge in [0, 0.05) is 16.9 Å². The molecule has 1 atom stereocenters. The van der Waals surface area contributed by atoms with Gasteiger partial charge in [-0.25, -0.2) is 8.78 Å². The van der Waals surface area contributed by atoms with E-state index >= 15 is 0 Å². The van der Waals surface area contributed by atoms with Crippen molar-refractivity contribution in [3.05, 3.63) is 0 Å². The van der Waals surface area contributed by atoms with Crippen LogP contribution in [0.3, 0.4) is 0 Å². The van der Waals surface area contributed by atoms with Gasteiger partial charge in [-0.05, 0) is 6.92 Å². The van der Waals surface area contributed by atoms with Crippen LogP contribution in [0, 0.1) is 0 Å². The van der Waals surface area contributed by atoms with Crippen molar-refractivity contribution >= 4 is 22.6 Å². The molecular weight excluding hydrogens is 239 g/mol. The van der Waals surface area contributed by atoms with Gasteiger partial charge in [-0.15, -0.1) is 0 Å². The predicted molar refractivity (Wildman–Crippen MR) is 42.1 cm³/mol. The second kappa shape index (κ2) is 3.65. The van der Waals surface area contributed by atoms with E-state index in [1.54, 1.807) is 0 Å². The van der Waals surface area contributed by atoms with Gasteiger partial charge in [0.05, 0.1) is 0 Å². The lowest BCUT2D eigenvalue weighted by atomic mass is 10.2. The van der Waals surface area contributed by atoms with Gasteiger partial charge in [0.2, 0.25) is 5.92 Å². The third-order valence-corrected chi connectivity index (χ3v) is 1.95. The zero-order valence-corrected chi connectivity index (χ0v) is 7.36. The molecule has 0 aromatic heterocycles. The van der Waals surface area contributed by atoms with E-state index in [0.717, 1.165) is 6.92 Å². The maximum atomic E-state index is 12.1. The summed E-state index contributed by atoms with van der Waals surface area (Å²) in [7, 11) is 0. The molecule has 9 heavy (non-hydrogen) atoms. The smallest absolute Gasteiger partial charge is 0.246 e. The number of hydrogen-bond donors (Lipinski definition) is 1. The molecule has 0 unspecified atom stereocenters. The number of rotatable bonds is 3. The molecule has 0 saturated carbocycles. The molecule has 0 spiro atoms. The molecule has 0 rings (SSSR count). The highest BCUT2D eigenvalue weighted by Gasteiger charge is 2.23. The van der Waals surface area contributed by atoms with Gasteiger partial charge in [-0.2, -0.15) is 0 Å². The fraction of sp³-hybridized carbons (Fsp3) is 1.00. The van der Waals surface area contributed by atoms with Gasteiger partial charge in [0.1, 0.15) is 0 Å². The van der Waals surface area contributed by atoms with Crippen LogP contribution in [0.15, 0.2) is 0 Å². The molecule has 0 saturated heterocycles. The highest BCUT2D eigenvalue weighted by atomic mass is 127. The van der Waals surface area contributed by atoms with E-state index in [1.165, 1.54) is 0 Å². The van der Waals surface area contributed by atoms with E-state index < -0.39 is 5.92 Å². The Hall–Kier alpha value is 0.550. The predicted octanol–water partition coefficient (Wildman–Crippen LogP) is 1.79. The highest BCUT2D eigenvalue weighted by molar-refractivity contribution is 14.1. The molecule has 0 aliphatic carbocycles. The Kier molecular flexibility index (Phi) is 3.88. The Bertz CT molecular complexity index is 81.5. The monoisotopic (exact) mass is 249 g/mol. The summed E-state index contributed by atoms with van der Waals surface area (Å²) in [6, 6.07) is -0.370. The minimum atomic E-state index is -2.61. The van der Waals surface area contributed by atoms with Crippen LogP contribution in [0.25, 0.3) is 0 Å². The first-order valence-corrected chi connectivity index (χ1v) is 4.17. The molecule has 56 valence electrons. The fourth-order valence-electron chi connectivity index (χ4n) is 0.515. The maximum Gasteiger partial charge on any atom is 0.246 e. The zero-order chi connectivity index (χ0) is 7.49. The molecule has 0 aromatic rings. The average Bonchev–Trinajstić information content (AvgIpc) is 1.62. The number of hydrogen-bond acceptors (Lipinski definition) is 1. The van der Waals surface area contributed by atoms with Crippen molar-refractivity contribution in [2.45, 2.75) is 25.3 Å². The van der Waals surface area contributed by atoms with Crippen LogP contribution < -0.4 is 5.73 Å². The zero-order valence-electron chi connectivity index (χ0n) is 5.20. The summed E-state index contributed by atoms with van der Waals surface area (Å²) >= 11 is 2.00. The number of alkyl halides is 3. The van der Waals surface area contributed by atoms with Crippen LogP contribution >= 0.6 is 22.6 Å². The first-order chi connectivity index (χ1) is 3.95. The Morgan fingerprint density at radius 1 is 1.67 bits per heavy atom.